The predicted octanol–water partition coefficient (Wildman–Crippen LogP) is 1.42. The largest absolute Gasteiger partial charge is 0.394 e. The summed E-state index contributed by atoms with van der Waals surface area (Å²) in [4.78, 5) is 2.12. The number of anilines is 1. The molecular weight excluding hydrogens is 254 g/mol. The molecule has 1 heterocycles. The highest BCUT2D eigenvalue weighted by atomic mass is 35.5. The molecule has 0 spiro atoms. The van der Waals surface area contributed by atoms with Crippen molar-refractivity contribution in [2.24, 2.45) is 0 Å². The number of aliphatic hydroxyl groups is 2. The van der Waals surface area contributed by atoms with E-state index in [2.05, 4.69) is 4.90 Å². The van der Waals surface area contributed by atoms with E-state index in [1.54, 1.807) is 6.07 Å². The molecule has 1 aromatic rings. The molecule has 1 aromatic carbocycles. The smallest absolute Gasteiger partial charge is 0.0984 e. The van der Waals surface area contributed by atoms with Gasteiger partial charge in [0.05, 0.1) is 25.4 Å². The van der Waals surface area contributed by atoms with Gasteiger partial charge >= 0.3 is 0 Å². The third-order valence-electron chi connectivity index (χ3n) is 3.08. The second kappa shape index (κ2) is 5.89. The zero-order valence-electron chi connectivity index (χ0n) is 10.3. The van der Waals surface area contributed by atoms with Crippen LogP contribution in [-0.2, 0) is 11.3 Å². The first-order chi connectivity index (χ1) is 8.63. The van der Waals surface area contributed by atoms with Crippen LogP contribution < -0.4 is 4.90 Å². The fourth-order valence-corrected chi connectivity index (χ4v) is 2.53. The van der Waals surface area contributed by atoms with E-state index < -0.39 is 0 Å². The molecule has 0 aliphatic carbocycles. The van der Waals surface area contributed by atoms with E-state index in [1.165, 1.54) is 0 Å². The van der Waals surface area contributed by atoms with E-state index in [4.69, 9.17) is 16.3 Å². The van der Waals surface area contributed by atoms with Crippen molar-refractivity contribution >= 4 is 17.3 Å². The molecule has 1 saturated heterocycles. The van der Waals surface area contributed by atoms with Crippen molar-refractivity contribution in [3.8, 4) is 0 Å². The minimum absolute atomic E-state index is 0.00287. The van der Waals surface area contributed by atoms with Crippen LogP contribution in [0, 0.1) is 0 Å². The summed E-state index contributed by atoms with van der Waals surface area (Å²) in [6.45, 7) is 3.29. The Morgan fingerprint density at radius 1 is 1.39 bits per heavy atom. The maximum atomic E-state index is 9.40. The molecule has 0 radical (unpaired) electrons. The Bertz CT molecular complexity index is 413. The molecule has 4 nitrogen and oxygen atoms in total. The van der Waals surface area contributed by atoms with E-state index in [0.717, 1.165) is 17.8 Å². The summed E-state index contributed by atoms with van der Waals surface area (Å²) in [6.07, 6.45) is -0.130. The number of nitrogens with zero attached hydrogens (tertiary/aromatic N) is 1. The number of benzene rings is 1. The lowest BCUT2D eigenvalue weighted by molar-refractivity contribution is -0.0421. The van der Waals surface area contributed by atoms with E-state index in [9.17, 15) is 10.2 Å². The van der Waals surface area contributed by atoms with E-state index in [1.807, 2.05) is 19.1 Å². The molecule has 100 valence electrons. The van der Waals surface area contributed by atoms with Gasteiger partial charge in [-0.1, -0.05) is 11.6 Å². The molecule has 1 aliphatic rings. The van der Waals surface area contributed by atoms with Gasteiger partial charge in [-0.05, 0) is 25.1 Å². The molecule has 2 atom stereocenters. The van der Waals surface area contributed by atoms with Crippen LogP contribution in [0.5, 0.6) is 0 Å². The van der Waals surface area contributed by atoms with E-state index in [0.29, 0.717) is 11.6 Å². The maximum absolute atomic E-state index is 9.40. The van der Waals surface area contributed by atoms with Crippen LogP contribution in [-0.4, -0.2) is 42.1 Å². The Labute approximate surface area is 112 Å². The second-order valence-corrected chi connectivity index (χ2v) is 5.02. The highest BCUT2D eigenvalue weighted by molar-refractivity contribution is 6.30. The second-order valence-electron chi connectivity index (χ2n) is 4.59. The van der Waals surface area contributed by atoms with Gasteiger partial charge < -0.3 is 19.8 Å². The number of morpholine rings is 1. The molecule has 2 unspecified atom stereocenters. The minimum Gasteiger partial charge on any atom is -0.394 e. The maximum Gasteiger partial charge on any atom is 0.0984 e. The summed E-state index contributed by atoms with van der Waals surface area (Å²) < 4.78 is 5.60. The average Bonchev–Trinajstić information content (AvgIpc) is 2.37. The number of aliphatic hydroxyl groups excluding tert-OH is 2. The summed E-state index contributed by atoms with van der Waals surface area (Å²) in [7, 11) is 0. The summed E-state index contributed by atoms with van der Waals surface area (Å²) in [5, 5.41) is 19.2. The molecular formula is C13H18ClNO3. The molecule has 0 saturated carbocycles. The summed E-state index contributed by atoms with van der Waals surface area (Å²) in [6, 6.07) is 5.48. The molecule has 1 aliphatic heterocycles. The van der Waals surface area contributed by atoms with Gasteiger partial charge in [0.25, 0.3) is 0 Å². The zero-order chi connectivity index (χ0) is 13.1. The van der Waals surface area contributed by atoms with Crippen LogP contribution in [0.1, 0.15) is 12.5 Å². The third kappa shape index (κ3) is 2.95. The Morgan fingerprint density at radius 2 is 2.17 bits per heavy atom. The van der Waals surface area contributed by atoms with E-state index in [-0.39, 0.29) is 25.4 Å². The van der Waals surface area contributed by atoms with Crippen LogP contribution in [0.4, 0.5) is 5.69 Å². The lowest BCUT2D eigenvalue weighted by atomic mass is 10.1. The van der Waals surface area contributed by atoms with E-state index >= 15 is 0 Å². The molecule has 18 heavy (non-hydrogen) atoms. The number of rotatable bonds is 3. The molecule has 1 fully saturated rings. The van der Waals surface area contributed by atoms with Crippen molar-refractivity contribution in [3.05, 3.63) is 28.8 Å². The van der Waals surface area contributed by atoms with Gasteiger partial charge in [-0.3, -0.25) is 0 Å². The van der Waals surface area contributed by atoms with Crippen LogP contribution in [0.2, 0.25) is 5.02 Å². The van der Waals surface area contributed by atoms with Crippen LogP contribution in [0.15, 0.2) is 18.2 Å². The Kier molecular flexibility index (Phi) is 4.45. The topological polar surface area (TPSA) is 52.9 Å². The lowest BCUT2D eigenvalue weighted by Gasteiger charge is -2.38. The number of halogens is 1. The number of hydrogen-bond acceptors (Lipinski definition) is 4. The number of hydrogen-bond donors (Lipinski definition) is 2. The van der Waals surface area contributed by atoms with Crippen LogP contribution in [0.25, 0.3) is 0 Å². The van der Waals surface area contributed by atoms with Crippen molar-refractivity contribution in [2.45, 2.75) is 25.7 Å². The molecule has 5 heteroatoms. The van der Waals surface area contributed by atoms with Crippen molar-refractivity contribution in [2.75, 3.05) is 24.6 Å². The van der Waals surface area contributed by atoms with Gasteiger partial charge in [0.1, 0.15) is 0 Å². The lowest BCUT2D eigenvalue weighted by Crippen LogP contribution is -2.48. The molecule has 2 N–H and O–H groups in total. The molecule has 0 aromatic heterocycles. The van der Waals surface area contributed by atoms with Crippen molar-refractivity contribution in [1.82, 2.24) is 0 Å². The first kappa shape index (κ1) is 13.6. The predicted molar refractivity (Wildman–Crippen MR) is 71.0 cm³/mol. The standard InChI is InChI=1S/C13H18ClNO3/c1-9-5-15(6-12(8-17)18-9)13-3-2-11(14)4-10(13)7-16/h2-4,9,12,16-17H,5-8H2,1H3. The Morgan fingerprint density at radius 3 is 2.83 bits per heavy atom. The fraction of sp³-hybridized carbons (Fsp3) is 0.538. The van der Waals surface area contributed by atoms with Gasteiger partial charge in [0, 0.05) is 29.4 Å². The van der Waals surface area contributed by atoms with Crippen molar-refractivity contribution in [3.63, 3.8) is 0 Å². The van der Waals surface area contributed by atoms with Crippen LogP contribution in [0.3, 0.4) is 0 Å². The Balaban J connectivity index is 2.24. The molecule has 0 bridgehead atoms. The fourth-order valence-electron chi connectivity index (χ4n) is 2.33. The monoisotopic (exact) mass is 271 g/mol. The summed E-state index contributed by atoms with van der Waals surface area (Å²) in [5.74, 6) is 0. The third-order valence-corrected chi connectivity index (χ3v) is 3.32. The van der Waals surface area contributed by atoms with Gasteiger partial charge in [0.2, 0.25) is 0 Å². The molecule has 0 amide bonds. The van der Waals surface area contributed by atoms with Gasteiger partial charge in [-0.2, -0.15) is 0 Å². The quantitative estimate of drug-likeness (QED) is 0.873. The highest BCUT2D eigenvalue weighted by Crippen LogP contribution is 2.27. The minimum atomic E-state index is -0.184. The first-order valence-electron chi connectivity index (χ1n) is 6.04. The van der Waals surface area contributed by atoms with Gasteiger partial charge in [-0.15, -0.1) is 0 Å². The normalized spacial score (nSPS) is 24.3. The first-order valence-corrected chi connectivity index (χ1v) is 6.42. The van der Waals surface area contributed by atoms with Crippen molar-refractivity contribution < 1.29 is 14.9 Å². The number of ether oxygens (including phenoxy) is 1. The highest BCUT2D eigenvalue weighted by Gasteiger charge is 2.26. The SMILES string of the molecule is CC1CN(c2ccc(Cl)cc2CO)CC(CO)O1. The average molecular weight is 272 g/mol. The van der Waals surface area contributed by atoms with Gasteiger partial charge in [-0.25, -0.2) is 0 Å². The van der Waals surface area contributed by atoms with Gasteiger partial charge in [0.15, 0.2) is 0 Å². The summed E-state index contributed by atoms with van der Waals surface area (Å²) >= 11 is 5.92. The van der Waals surface area contributed by atoms with Crippen LogP contribution >= 0.6 is 11.6 Å². The zero-order valence-corrected chi connectivity index (χ0v) is 11.1. The van der Waals surface area contributed by atoms with Crippen molar-refractivity contribution in [1.29, 1.82) is 0 Å². The Hall–Kier alpha value is -0.810. The molecule has 2 rings (SSSR count). The summed E-state index contributed by atoms with van der Waals surface area (Å²) in [5.41, 5.74) is 1.75.